The van der Waals surface area contributed by atoms with Crippen molar-refractivity contribution in [3.63, 3.8) is 0 Å². The number of ether oxygens (including phenoxy) is 2. The molecule has 1 aromatic carbocycles. The molecule has 6 heteroatoms. The zero-order valence-corrected chi connectivity index (χ0v) is 21.2. The first-order valence-electron chi connectivity index (χ1n) is 12.8. The number of carbonyl (C=O) groups excluding carboxylic acids is 2. The minimum Gasteiger partial charge on any atom is -0.466 e. The number of hydrogen-bond acceptors (Lipinski definition) is 6. The lowest BCUT2D eigenvalue weighted by Crippen LogP contribution is -2.36. The van der Waals surface area contributed by atoms with Crippen molar-refractivity contribution in [1.29, 1.82) is 0 Å². The summed E-state index contributed by atoms with van der Waals surface area (Å²) in [4.78, 5) is 26.4. The molecule has 2 atom stereocenters. The van der Waals surface area contributed by atoms with Crippen LogP contribution in [0.5, 0.6) is 0 Å². The fourth-order valence-corrected chi connectivity index (χ4v) is 5.17. The Morgan fingerprint density at radius 3 is 2.06 bits per heavy atom. The largest absolute Gasteiger partial charge is 0.466 e. The van der Waals surface area contributed by atoms with Crippen LogP contribution in [0.15, 0.2) is 30.3 Å². The summed E-state index contributed by atoms with van der Waals surface area (Å²) in [6.45, 7) is 13.4. The van der Waals surface area contributed by atoms with Gasteiger partial charge in [0, 0.05) is 19.6 Å². The van der Waals surface area contributed by atoms with Crippen LogP contribution in [0, 0.1) is 10.8 Å². The maximum Gasteiger partial charge on any atom is 0.313 e. The SMILES string of the molecule is CCCC1(C(=O)OCC)CCN(Cc2ccccc2)C1.CCCC1(C(=O)OCC)CCNC1. The molecule has 1 N–H and O–H groups in total. The Morgan fingerprint density at radius 2 is 1.52 bits per heavy atom. The predicted octanol–water partition coefficient (Wildman–Crippen LogP) is 4.57. The summed E-state index contributed by atoms with van der Waals surface area (Å²) in [5.41, 5.74) is 0.813. The summed E-state index contributed by atoms with van der Waals surface area (Å²) in [6, 6.07) is 10.5. The molecule has 0 aliphatic carbocycles. The van der Waals surface area contributed by atoms with Crippen LogP contribution in [0.2, 0.25) is 0 Å². The summed E-state index contributed by atoms with van der Waals surface area (Å²) in [5.74, 6) is -0.0146. The fraction of sp³-hybridized carbons (Fsp3) is 0.704. The topological polar surface area (TPSA) is 67.9 Å². The highest BCUT2D eigenvalue weighted by Gasteiger charge is 2.45. The molecule has 0 aromatic heterocycles. The lowest BCUT2D eigenvalue weighted by atomic mass is 9.82. The molecule has 1 aromatic rings. The van der Waals surface area contributed by atoms with Gasteiger partial charge in [-0.1, -0.05) is 57.0 Å². The number of esters is 2. The smallest absolute Gasteiger partial charge is 0.313 e. The van der Waals surface area contributed by atoms with E-state index in [1.807, 2.05) is 19.9 Å². The molecule has 2 fully saturated rings. The fourth-order valence-electron chi connectivity index (χ4n) is 5.17. The van der Waals surface area contributed by atoms with Gasteiger partial charge in [-0.25, -0.2) is 0 Å². The molecule has 2 aliphatic rings. The van der Waals surface area contributed by atoms with Crippen LogP contribution in [-0.4, -0.2) is 56.2 Å². The molecule has 0 radical (unpaired) electrons. The van der Waals surface area contributed by atoms with Crippen molar-refractivity contribution in [2.24, 2.45) is 10.8 Å². The van der Waals surface area contributed by atoms with Gasteiger partial charge in [-0.3, -0.25) is 14.5 Å². The van der Waals surface area contributed by atoms with E-state index in [-0.39, 0.29) is 22.8 Å². The Kier molecular flexibility index (Phi) is 11.3. The zero-order valence-electron chi connectivity index (χ0n) is 21.2. The Balaban J connectivity index is 0.000000257. The number of hydrogen-bond donors (Lipinski definition) is 1. The van der Waals surface area contributed by atoms with E-state index in [9.17, 15) is 9.59 Å². The van der Waals surface area contributed by atoms with Crippen molar-refractivity contribution in [3.8, 4) is 0 Å². The van der Waals surface area contributed by atoms with Crippen molar-refractivity contribution in [1.82, 2.24) is 10.2 Å². The molecule has 186 valence electrons. The number of likely N-dealkylation sites (tertiary alicyclic amines) is 1. The molecule has 2 aliphatic heterocycles. The van der Waals surface area contributed by atoms with Crippen LogP contribution in [0.1, 0.15) is 71.8 Å². The summed E-state index contributed by atoms with van der Waals surface area (Å²) < 4.78 is 10.4. The quantitative estimate of drug-likeness (QED) is 0.516. The monoisotopic (exact) mass is 460 g/mol. The van der Waals surface area contributed by atoms with E-state index in [1.54, 1.807) is 0 Å². The molecular formula is C27H44N2O4. The molecular weight excluding hydrogens is 416 g/mol. The molecule has 0 spiro atoms. The highest BCUT2D eigenvalue weighted by atomic mass is 16.5. The van der Waals surface area contributed by atoms with E-state index < -0.39 is 0 Å². The van der Waals surface area contributed by atoms with Crippen molar-refractivity contribution in [2.45, 2.75) is 72.8 Å². The van der Waals surface area contributed by atoms with Crippen LogP contribution in [0.3, 0.4) is 0 Å². The van der Waals surface area contributed by atoms with Crippen LogP contribution < -0.4 is 5.32 Å². The Labute approximate surface area is 200 Å². The van der Waals surface area contributed by atoms with Gasteiger partial charge in [0.15, 0.2) is 0 Å². The molecule has 3 rings (SSSR count). The molecule has 33 heavy (non-hydrogen) atoms. The molecule has 6 nitrogen and oxygen atoms in total. The van der Waals surface area contributed by atoms with E-state index in [4.69, 9.17) is 9.47 Å². The van der Waals surface area contributed by atoms with Gasteiger partial charge in [-0.05, 0) is 58.2 Å². The highest BCUT2D eigenvalue weighted by Crippen LogP contribution is 2.37. The van der Waals surface area contributed by atoms with Crippen molar-refractivity contribution < 1.29 is 19.1 Å². The molecule has 0 saturated carbocycles. The van der Waals surface area contributed by atoms with Crippen LogP contribution in [0.25, 0.3) is 0 Å². The predicted molar refractivity (Wildman–Crippen MR) is 132 cm³/mol. The first-order chi connectivity index (χ1) is 15.9. The normalized spacial score (nSPS) is 24.7. The number of benzene rings is 1. The first kappa shape index (κ1) is 27.3. The Morgan fingerprint density at radius 1 is 0.909 bits per heavy atom. The summed E-state index contributed by atoms with van der Waals surface area (Å²) in [5, 5.41) is 3.24. The van der Waals surface area contributed by atoms with Crippen LogP contribution in [0.4, 0.5) is 0 Å². The lowest BCUT2D eigenvalue weighted by molar-refractivity contribution is -0.155. The van der Waals surface area contributed by atoms with Crippen molar-refractivity contribution in [3.05, 3.63) is 35.9 Å². The third kappa shape index (κ3) is 7.54. The van der Waals surface area contributed by atoms with Gasteiger partial charge >= 0.3 is 11.9 Å². The molecule has 2 saturated heterocycles. The average molecular weight is 461 g/mol. The van der Waals surface area contributed by atoms with Gasteiger partial charge in [0.2, 0.25) is 0 Å². The van der Waals surface area contributed by atoms with E-state index in [2.05, 4.69) is 48.3 Å². The molecule has 0 amide bonds. The molecule has 2 unspecified atom stereocenters. The van der Waals surface area contributed by atoms with E-state index in [0.717, 1.165) is 71.2 Å². The molecule has 2 heterocycles. The number of carbonyl (C=O) groups is 2. The second kappa shape index (κ2) is 13.7. The summed E-state index contributed by atoms with van der Waals surface area (Å²) in [6.07, 6.45) is 5.79. The zero-order chi connectivity index (χ0) is 24.2. The van der Waals surface area contributed by atoms with Crippen molar-refractivity contribution in [2.75, 3.05) is 39.4 Å². The summed E-state index contributed by atoms with van der Waals surface area (Å²) in [7, 11) is 0. The van der Waals surface area contributed by atoms with Gasteiger partial charge in [-0.15, -0.1) is 0 Å². The minimum atomic E-state index is -0.278. The maximum atomic E-state index is 12.3. The van der Waals surface area contributed by atoms with Gasteiger partial charge in [0.05, 0.1) is 24.0 Å². The van der Waals surface area contributed by atoms with Gasteiger partial charge in [0.25, 0.3) is 0 Å². The number of nitrogens with one attached hydrogen (secondary N) is 1. The highest BCUT2D eigenvalue weighted by molar-refractivity contribution is 5.78. The Bertz CT molecular complexity index is 718. The second-order valence-corrected chi connectivity index (χ2v) is 9.37. The Hall–Kier alpha value is -1.92. The third-order valence-corrected chi connectivity index (χ3v) is 6.80. The van der Waals surface area contributed by atoms with Crippen LogP contribution in [-0.2, 0) is 25.6 Å². The lowest BCUT2D eigenvalue weighted by Gasteiger charge is -2.26. The third-order valence-electron chi connectivity index (χ3n) is 6.80. The van der Waals surface area contributed by atoms with Crippen LogP contribution >= 0.6 is 0 Å². The van der Waals surface area contributed by atoms with Gasteiger partial charge in [0.1, 0.15) is 0 Å². The van der Waals surface area contributed by atoms with E-state index in [0.29, 0.717) is 13.2 Å². The summed E-state index contributed by atoms with van der Waals surface area (Å²) >= 11 is 0. The standard InChI is InChI=1S/C17H25NO2.C10H19NO2/c1-3-10-17(16(19)20-4-2)11-12-18(14-17)13-15-8-6-5-7-9-15;1-3-5-10(6-7-11-8-10)9(12)13-4-2/h5-9H,3-4,10-14H2,1-2H3;11H,3-8H2,1-2H3. The first-order valence-corrected chi connectivity index (χ1v) is 12.8. The maximum absolute atomic E-state index is 12.3. The average Bonchev–Trinajstić information content (AvgIpc) is 3.45. The second-order valence-electron chi connectivity index (χ2n) is 9.37. The van der Waals surface area contributed by atoms with E-state index >= 15 is 0 Å². The van der Waals surface area contributed by atoms with Crippen molar-refractivity contribution >= 4 is 11.9 Å². The van der Waals surface area contributed by atoms with Gasteiger partial charge < -0.3 is 14.8 Å². The van der Waals surface area contributed by atoms with E-state index in [1.165, 1.54) is 5.56 Å². The number of nitrogens with zero attached hydrogens (tertiary/aromatic N) is 1. The minimum absolute atomic E-state index is 0.00240. The van der Waals surface area contributed by atoms with Gasteiger partial charge in [-0.2, -0.15) is 0 Å². The number of rotatable bonds is 10. The molecule has 0 bridgehead atoms.